The van der Waals surface area contributed by atoms with Gasteiger partial charge in [0.05, 0.1) is 17.3 Å². The van der Waals surface area contributed by atoms with E-state index in [9.17, 15) is 4.39 Å². The molecule has 26 heavy (non-hydrogen) atoms. The Hall–Kier alpha value is -3.61. The molecule has 0 amide bonds. The van der Waals surface area contributed by atoms with Crippen molar-refractivity contribution in [3.05, 3.63) is 72.4 Å². The molecule has 5 rings (SSSR count). The maximum absolute atomic E-state index is 13.2. The molecule has 0 saturated heterocycles. The Labute approximate surface area is 147 Å². The monoisotopic (exact) mass is 344 g/mol. The number of nitrogens with zero attached hydrogens (tertiary/aromatic N) is 6. The van der Waals surface area contributed by atoms with Crippen LogP contribution in [0.2, 0.25) is 0 Å². The van der Waals surface area contributed by atoms with E-state index < -0.39 is 0 Å². The summed E-state index contributed by atoms with van der Waals surface area (Å²) in [6, 6.07) is 14.2. The van der Waals surface area contributed by atoms with Crippen LogP contribution in [0.25, 0.3) is 33.8 Å². The number of halogens is 1. The third kappa shape index (κ3) is 2.17. The molecule has 0 unspecified atom stereocenters. The second-order valence-electron chi connectivity index (χ2n) is 6.10. The van der Waals surface area contributed by atoms with Crippen LogP contribution in [0.5, 0.6) is 0 Å². The lowest BCUT2D eigenvalue weighted by Crippen LogP contribution is -1.99. The van der Waals surface area contributed by atoms with E-state index in [1.165, 1.54) is 12.1 Å². The van der Waals surface area contributed by atoms with E-state index in [-0.39, 0.29) is 5.82 Å². The van der Waals surface area contributed by atoms with Crippen molar-refractivity contribution in [2.75, 3.05) is 0 Å². The van der Waals surface area contributed by atoms with Crippen LogP contribution >= 0.6 is 0 Å². The fourth-order valence-electron chi connectivity index (χ4n) is 3.07. The van der Waals surface area contributed by atoms with Gasteiger partial charge in [-0.1, -0.05) is 12.1 Å². The Balaban J connectivity index is 1.71. The molecule has 0 N–H and O–H groups in total. The predicted molar refractivity (Wildman–Crippen MR) is 95.5 cm³/mol. The standard InChI is InChI=1S/C19H13FN6/c1-12-3-2-4-15(9-12)26-18-16(10-22-26)19-24-23-17(25(19)11-21-18)13-5-7-14(20)8-6-13/h2-11H,1H3. The summed E-state index contributed by atoms with van der Waals surface area (Å²) >= 11 is 0. The quantitative estimate of drug-likeness (QED) is 0.491. The first-order chi connectivity index (χ1) is 12.7. The van der Waals surface area contributed by atoms with E-state index in [0.717, 1.165) is 22.2 Å². The number of aryl methyl sites for hydroxylation is 1. The fraction of sp³-hybridized carbons (Fsp3) is 0.0526. The molecule has 0 radical (unpaired) electrons. The average Bonchev–Trinajstić information content (AvgIpc) is 3.26. The van der Waals surface area contributed by atoms with Crippen LogP contribution in [0.3, 0.4) is 0 Å². The highest BCUT2D eigenvalue weighted by Gasteiger charge is 2.15. The van der Waals surface area contributed by atoms with Crippen molar-refractivity contribution in [3.63, 3.8) is 0 Å². The van der Waals surface area contributed by atoms with Gasteiger partial charge in [0.1, 0.15) is 12.1 Å². The maximum atomic E-state index is 13.2. The average molecular weight is 344 g/mol. The second kappa shape index (κ2) is 5.45. The molecule has 0 spiro atoms. The number of hydrogen-bond donors (Lipinski definition) is 0. The second-order valence-corrected chi connectivity index (χ2v) is 6.10. The molecule has 0 fully saturated rings. The van der Waals surface area contributed by atoms with E-state index in [0.29, 0.717) is 17.1 Å². The summed E-state index contributed by atoms with van der Waals surface area (Å²) in [5.74, 6) is 0.320. The molecule has 0 saturated carbocycles. The van der Waals surface area contributed by atoms with Gasteiger partial charge in [-0.2, -0.15) is 5.10 Å². The van der Waals surface area contributed by atoms with E-state index in [2.05, 4.69) is 20.3 Å². The molecule has 3 aromatic heterocycles. The Morgan fingerprint density at radius 1 is 0.962 bits per heavy atom. The lowest BCUT2D eigenvalue weighted by molar-refractivity contribution is 0.628. The number of hydrogen-bond acceptors (Lipinski definition) is 4. The SMILES string of the molecule is Cc1cccc(-n2ncc3c2ncn2c(-c4ccc(F)cc4)nnc32)c1. The molecule has 2 aromatic carbocycles. The Morgan fingerprint density at radius 2 is 1.81 bits per heavy atom. The van der Waals surface area contributed by atoms with Gasteiger partial charge in [0.15, 0.2) is 17.1 Å². The lowest BCUT2D eigenvalue weighted by atomic mass is 10.2. The molecule has 0 bridgehead atoms. The van der Waals surface area contributed by atoms with E-state index in [1.54, 1.807) is 33.7 Å². The summed E-state index contributed by atoms with van der Waals surface area (Å²) in [6.07, 6.45) is 3.41. The molecule has 126 valence electrons. The van der Waals surface area contributed by atoms with Crippen molar-refractivity contribution in [3.8, 4) is 17.1 Å². The number of rotatable bonds is 2. The van der Waals surface area contributed by atoms with Gasteiger partial charge < -0.3 is 0 Å². The largest absolute Gasteiger partial charge is 0.265 e. The van der Waals surface area contributed by atoms with Crippen LogP contribution in [0.4, 0.5) is 4.39 Å². The topological polar surface area (TPSA) is 60.9 Å². The molecule has 7 heteroatoms. The fourth-order valence-corrected chi connectivity index (χ4v) is 3.07. The molecular formula is C19H13FN6. The van der Waals surface area contributed by atoms with Gasteiger partial charge in [-0.3, -0.25) is 4.40 Å². The van der Waals surface area contributed by atoms with Gasteiger partial charge in [-0.15, -0.1) is 10.2 Å². The summed E-state index contributed by atoms with van der Waals surface area (Å²) in [5.41, 5.74) is 4.23. The van der Waals surface area contributed by atoms with Crippen LogP contribution in [0.15, 0.2) is 61.1 Å². The number of fused-ring (bicyclic) bond motifs is 3. The van der Waals surface area contributed by atoms with Crippen molar-refractivity contribution < 1.29 is 4.39 Å². The van der Waals surface area contributed by atoms with Gasteiger partial charge in [0.2, 0.25) is 0 Å². The molecule has 3 heterocycles. The van der Waals surface area contributed by atoms with Crippen LogP contribution in [0, 0.1) is 12.7 Å². The molecule has 6 nitrogen and oxygen atoms in total. The molecule has 0 aliphatic carbocycles. The first-order valence-electron chi connectivity index (χ1n) is 8.11. The normalized spacial score (nSPS) is 11.5. The van der Waals surface area contributed by atoms with Crippen LogP contribution in [-0.2, 0) is 0 Å². The smallest absolute Gasteiger partial charge is 0.175 e. The highest BCUT2D eigenvalue weighted by atomic mass is 19.1. The lowest BCUT2D eigenvalue weighted by Gasteiger charge is -2.04. The zero-order valence-electron chi connectivity index (χ0n) is 13.8. The Kier molecular flexibility index (Phi) is 3.08. The summed E-state index contributed by atoms with van der Waals surface area (Å²) in [6.45, 7) is 2.04. The zero-order chi connectivity index (χ0) is 17.7. The third-order valence-corrected chi connectivity index (χ3v) is 4.32. The summed E-state index contributed by atoms with van der Waals surface area (Å²) in [4.78, 5) is 4.56. The van der Waals surface area contributed by atoms with Crippen LogP contribution in [-0.4, -0.2) is 29.4 Å². The highest BCUT2D eigenvalue weighted by Crippen LogP contribution is 2.24. The maximum Gasteiger partial charge on any atom is 0.175 e. The first kappa shape index (κ1) is 14.7. The minimum atomic E-state index is -0.289. The summed E-state index contributed by atoms with van der Waals surface area (Å²) in [5, 5.41) is 13.8. The van der Waals surface area contributed by atoms with Gasteiger partial charge in [-0.25, -0.2) is 14.1 Å². The van der Waals surface area contributed by atoms with Gasteiger partial charge in [0, 0.05) is 5.56 Å². The van der Waals surface area contributed by atoms with Gasteiger partial charge >= 0.3 is 0 Å². The van der Waals surface area contributed by atoms with Crippen molar-refractivity contribution in [1.29, 1.82) is 0 Å². The predicted octanol–water partition coefficient (Wildman–Crippen LogP) is 3.58. The van der Waals surface area contributed by atoms with E-state index in [1.807, 2.05) is 31.2 Å². The summed E-state index contributed by atoms with van der Waals surface area (Å²) < 4.78 is 16.8. The van der Waals surface area contributed by atoms with Crippen molar-refractivity contribution in [2.45, 2.75) is 6.92 Å². The number of benzene rings is 2. The Morgan fingerprint density at radius 3 is 2.62 bits per heavy atom. The van der Waals surface area contributed by atoms with E-state index in [4.69, 9.17) is 0 Å². The van der Waals surface area contributed by atoms with Gasteiger partial charge in [0.25, 0.3) is 0 Å². The Bertz CT molecular complexity index is 1250. The van der Waals surface area contributed by atoms with Crippen molar-refractivity contribution in [1.82, 2.24) is 29.4 Å². The third-order valence-electron chi connectivity index (χ3n) is 4.32. The van der Waals surface area contributed by atoms with Crippen LogP contribution in [0.1, 0.15) is 5.56 Å². The molecule has 0 aliphatic heterocycles. The first-order valence-corrected chi connectivity index (χ1v) is 8.11. The highest BCUT2D eigenvalue weighted by molar-refractivity contribution is 5.90. The van der Waals surface area contributed by atoms with Crippen molar-refractivity contribution in [2.24, 2.45) is 0 Å². The van der Waals surface area contributed by atoms with Crippen molar-refractivity contribution >= 4 is 16.7 Å². The minimum Gasteiger partial charge on any atom is -0.265 e. The van der Waals surface area contributed by atoms with Gasteiger partial charge in [-0.05, 0) is 48.9 Å². The van der Waals surface area contributed by atoms with E-state index >= 15 is 0 Å². The molecular weight excluding hydrogens is 331 g/mol. The molecule has 0 atom stereocenters. The molecule has 5 aromatic rings. The minimum absolute atomic E-state index is 0.289. The molecule has 0 aliphatic rings. The van der Waals surface area contributed by atoms with Crippen LogP contribution < -0.4 is 0 Å². The zero-order valence-corrected chi connectivity index (χ0v) is 13.8. The number of aromatic nitrogens is 6. The summed E-state index contributed by atoms with van der Waals surface area (Å²) in [7, 11) is 0.